The van der Waals surface area contributed by atoms with Crippen molar-refractivity contribution >= 4 is 22.5 Å². The standard InChI is InChI=1S/C31H35N5O3/c1-35-16-18-36(19-17-35)20-21-38-26-8-6-25(7-9-26)23-39-30-11-10-29(27-4-2-3-5-28(27)30)34-31(37)33-22-24-12-14-32-15-13-24/h2-15H,16-23H2,1H3,(H2,33,34,37). The summed E-state index contributed by atoms with van der Waals surface area (Å²) in [4.78, 5) is 21.3. The number of hydrogen-bond acceptors (Lipinski definition) is 6. The molecule has 0 spiro atoms. The smallest absolute Gasteiger partial charge is 0.319 e. The van der Waals surface area contributed by atoms with Gasteiger partial charge in [-0.05, 0) is 54.6 Å². The number of hydrogen-bond donors (Lipinski definition) is 2. The molecule has 1 fully saturated rings. The van der Waals surface area contributed by atoms with E-state index in [4.69, 9.17) is 9.47 Å². The van der Waals surface area contributed by atoms with Gasteiger partial charge in [0.15, 0.2) is 0 Å². The first-order valence-corrected chi connectivity index (χ1v) is 13.3. The van der Waals surface area contributed by atoms with Crippen LogP contribution in [0.3, 0.4) is 0 Å². The number of piperazine rings is 1. The molecule has 2 heterocycles. The first-order chi connectivity index (χ1) is 19.1. The van der Waals surface area contributed by atoms with Gasteiger partial charge in [-0.2, -0.15) is 0 Å². The lowest BCUT2D eigenvalue weighted by Crippen LogP contribution is -2.45. The van der Waals surface area contributed by atoms with E-state index in [1.807, 2.05) is 72.8 Å². The second kappa shape index (κ2) is 13.1. The molecule has 2 N–H and O–H groups in total. The van der Waals surface area contributed by atoms with Crippen LogP contribution in [-0.2, 0) is 13.2 Å². The third-order valence-corrected chi connectivity index (χ3v) is 6.92. The molecule has 4 aromatic rings. The number of aromatic nitrogens is 1. The van der Waals surface area contributed by atoms with Gasteiger partial charge in [0.25, 0.3) is 0 Å². The molecule has 2 amide bonds. The zero-order chi connectivity index (χ0) is 26.9. The number of carbonyl (C=O) groups is 1. The maximum atomic E-state index is 12.5. The summed E-state index contributed by atoms with van der Waals surface area (Å²) in [7, 11) is 2.17. The minimum Gasteiger partial charge on any atom is -0.492 e. The summed E-state index contributed by atoms with van der Waals surface area (Å²) in [5.41, 5.74) is 2.77. The number of nitrogens with zero attached hydrogens (tertiary/aromatic N) is 3. The van der Waals surface area contributed by atoms with E-state index in [0.717, 1.165) is 71.8 Å². The average Bonchev–Trinajstić information content (AvgIpc) is 2.98. The van der Waals surface area contributed by atoms with Gasteiger partial charge in [0.2, 0.25) is 0 Å². The zero-order valence-electron chi connectivity index (χ0n) is 22.3. The van der Waals surface area contributed by atoms with E-state index in [2.05, 4.69) is 32.5 Å². The largest absolute Gasteiger partial charge is 0.492 e. The number of pyridine rings is 1. The summed E-state index contributed by atoms with van der Waals surface area (Å²) in [6.07, 6.45) is 3.42. The number of anilines is 1. The van der Waals surface area contributed by atoms with Gasteiger partial charge in [0.1, 0.15) is 24.7 Å². The van der Waals surface area contributed by atoms with E-state index in [1.165, 1.54) is 0 Å². The lowest BCUT2D eigenvalue weighted by molar-refractivity contribution is 0.133. The van der Waals surface area contributed by atoms with Crippen LogP contribution in [0.5, 0.6) is 11.5 Å². The number of carbonyl (C=O) groups excluding carboxylic acids is 1. The Hall–Kier alpha value is -4.14. The highest BCUT2D eigenvalue weighted by Crippen LogP contribution is 2.32. The highest BCUT2D eigenvalue weighted by molar-refractivity contribution is 6.03. The lowest BCUT2D eigenvalue weighted by atomic mass is 10.1. The Labute approximate surface area is 229 Å². The molecule has 0 bridgehead atoms. The second-order valence-corrected chi connectivity index (χ2v) is 9.75. The van der Waals surface area contributed by atoms with E-state index < -0.39 is 0 Å². The van der Waals surface area contributed by atoms with Crippen molar-refractivity contribution in [2.24, 2.45) is 0 Å². The summed E-state index contributed by atoms with van der Waals surface area (Å²) in [5, 5.41) is 7.70. The van der Waals surface area contributed by atoms with Crippen LogP contribution < -0.4 is 20.1 Å². The number of likely N-dealkylation sites (N-methyl/N-ethyl adjacent to an activating group) is 1. The Morgan fingerprint density at radius 2 is 1.59 bits per heavy atom. The summed E-state index contributed by atoms with van der Waals surface area (Å²) >= 11 is 0. The Morgan fingerprint density at radius 3 is 2.36 bits per heavy atom. The van der Waals surface area contributed by atoms with Crippen LogP contribution in [-0.4, -0.2) is 67.2 Å². The average molecular weight is 526 g/mol. The number of fused-ring (bicyclic) bond motifs is 1. The van der Waals surface area contributed by atoms with Crippen molar-refractivity contribution in [2.75, 3.05) is 51.7 Å². The van der Waals surface area contributed by atoms with E-state index in [-0.39, 0.29) is 6.03 Å². The van der Waals surface area contributed by atoms with Gasteiger partial charge in [-0.1, -0.05) is 36.4 Å². The van der Waals surface area contributed by atoms with Gasteiger partial charge in [-0.3, -0.25) is 9.88 Å². The van der Waals surface area contributed by atoms with E-state index >= 15 is 0 Å². The third kappa shape index (κ3) is 7.46. The van der Waals surface area contributed by atoms with Crippen LogP contribution in [0.1, 0.15) is 11.1 Å². The molecule has 0 unspecified atom stereocenters. The quantitative estimate of drug-likeness (QED) is 0.311. The topological polar surface area (TPSA) is 79.0 Å². The SMILES string of the molecule is CN1CCN(CCOc2ccc(COc3ccc(NC(=O)NCc4ccncc4)c4ccccc34)cc2)CC1. The molecular weight excluding hydrogens is 490 g/mol. The van der Waals surface area contributed by atoms with Gasteiger partial charge in [0.05, 0.1) is 5.69 Å². The predicted octanol–water partition coefficient (Wildman–Crippen LogP) is 4.76. The molecule has 0 atom stereocenters. The van der Waals surface area contributed by atoms with Crippen molar-refractivity contribution in [3.63, 3.8) is 0 Å². The number of nitrogens with one attached hydrogen (secondary N) is 2. The Balaban J connectivity index is 1.14. The highest BCUT2D eigenvalue weighted by atomic mass is 16.5. The van der Waals surface area contributed by atoms with Crippen molar-refractivity contribution in [1.29, 1.82) is 0 Å². The molecule has 1 aromatic heterocycles. The predicted molar refractivity (Wildman–Crippen MR) is 154 cm³/mol. The van der Waals surface area contributed by atoms with Crippen LogP contribution in [0.4, 0.5) is 10.5 Å². The summed E-state index contributed by atoms with van der Waals surface area (Å²) < 4.78 is 12.2. The Kier molecular flexibility index (Phi) is 8.88. The Bertz CT molecular complexity index is 1360. The fourth-order valence-electron chi connectivity index (χ4n) is 4.56. The first kappa shape index (κ1) is 26.5. The van der Waals surface area contributed by atoms with Gasteiger partial charge < -0.3 is 25.0 Å². The molecular formula is C31H35N5O3. The summed E-state index contributed by atoms with van der Waals surface area (Å²) in [6, 6.07) is 23.2. The molecule has 8 nitrogen and oxygen atoms in total. The van der Waals surface area contributed by atoms with Crippen LogP contribution >= 0.6 is 0 Å². The molecule has 8 heteroatoms. The normalized spacial score (nSPS) is 14.2. The number of benzene rings is 3. The van der Waals surface area contributed by atoms with Gasteiger partial charge in [-0.15, -0.1) is 0 Å². The highest BCUT2D eigenvalue weighted by Gasteiger charge is 2.13. The second-order valence-electron chi connectivity index (χ2n) is 9.75. The van der Waals surface area contributed by atoms with Gasteiger partial charge in [0, 0.05) is 62.4 Å². The van der Waals surface area contributed by atoms with Crippen LogP contribution in [0.15, 0.2) is 85.2 Å². The van der Waals surface area contributed by atoms with Gasteiger partial charge >= 0.3 is 6.03 Å². The van der Waals surface area contributed by atoms with E-state index in [9.17, 15) is 4.79 Å². The number of amides is 2. The maximum absolute atomic E-state index is 12.5. The van der Waals surface area contributed by atoms with Crippen LogP contribution in [0, 0.1) is 0 Å². The van der Waals surface area contributed by atoms with Crippen LogP contribution in [0.2, 0.25) is 0 Å². The van der Waals surface area contributed by atoms with Crippen molar-refractivity contribution in [2.45, 2.75) is 13.2 Å². The monoisotopic (exact) mass is 525 g/mol. The fraction of sp³-hybridized carbons (Fsp3) is 0.290. The van der Waals surface area contributed by atoms with Crippen molar-refractivity contribution in [1.82, 2.24) is 20.1 Å². The minimum atomic E-state index is -0.267. The van der Waals surface area contributed by atoms with Gasteiger partial charge in [-0.25, -0.2) is 4.79 Å². The number of rotatable bonds is 10. The molecule has 0 aliphatic carbocycles. The van der Waals surface area contributed by atoms with Crippen molar-refractivity contribution in [3.05, 3.63) is 96.3 Å². The third-order valence-electron chi connectivity index (χ3n) is 6.92. The maximum Gasteiger partial charge on any atom is 0.319 e. The minimum absolute atomic E-state index is 0.267. The zero-order valence-corrected chi connectivity index (χ0v) is 22.3. The van der Waals surface area contributed by atoms with E-state index in [0.29, 0.717) is 19.8 Å². The number of ether oxygens (including phenoxy) is 2. The molecule has 1 saturated heterocycles. The van der Waals surface area contributed by atoms with E-state index in [1.54, 1.807) is 12.4 Å². The number of urea groups is 1. The molecule has 3 aromatic carbocycles. The first-order valence-electron chi connectivity index (χ1n) is 13.3. The summed E-state index contributed by atoms with van der Waals surface area (Å²) in [5.74, 6) is 1.64. The molecule has 1 aliphatic rings. The fourth-order valence-corrected chi connectivity index (χ4v) is 4.56. The van der Waals surface area contributed by atoms with Crippen molar-refractivity contribution in [3.8, 4) is 11.5 Å². The molecule has 39 heavy (non-hydrogen) atoms. The van der Waals surface area contributed by atoms with Crippen molar-refractivity contribution < 1.29 is 14.3 Å². The molecule has 0 saturated carbocycles. The lowest BCUT2D eigenvalue weighted by Gasteiger charge is -2.32. The molecule has 1 aliphatic heterocycles. The molecule has 0 radical (unpaired) electrons. The molecule has 5 rings (SSSR count). The Morgan fingerprint density at radius 1 is 0.846 bits per heavy atom. The molecule has 202 valence electrons. The summed E-state index contributed by atoms with van der Waals surface area (Å²) in [6.45, 7) is 6.93. The van der Waals surface area contributed by atoms with Crippen LogP contribution in [0.25, 0.3) is 10.8 Å².